The first-order valence-corrected chi connectivity index (χ1v) is 8.07. The normalized spacial score (nSPS) is 15.2. The lowest BCUT2D eigenvalue weighted by Crippen LogP contribution is -2.41. The lowest BCUT2D eigenvalue weighted by molar-refractivity contribution is -0.384. The predicted octanol–water partition coefficient (Wildman–Crippen LogP) is 3.87. The maximum absolute atomic E-state index is 12.9. The maximum atomic E-state index is 12.9. The first-order valence-electron chi connectivity index (χ1n) is 8.07. The van der Waals surface area contributed by atoms with Gasteiger partial charge in [0.1, 0.15) is 5.76 Å². The third-order valence-electron chi connectivity index (χ3n) is 4.34. The minimum Gasteiger partial charge on any atom is -0.361 e. The first kappa shape index (κ1) is 16.2. The van der Waals surface area contributed by atoms with E-state index in [1.807, 2.05) is 0 Å². The molecule has 7 nitrogen and oxygen atoms in total. The van der Waals surface area contributed by atoms with E-state index in [0.29, 0.717) is 11.4 Å². The summed E-state index contributed by atoms with van der Waals surface area (Å²) in [6, 6.07) is 7.78. The van der Waals surface area contributed by atoms with E-state index in [2.05, 4.69) is 5.16 Å². The number of nitro groups is 1. The summed E-state index contributed by atoms with van der Waals surface area (Å²) in [6.45, 7) is 1.74. The molecule has 0 atom stereocenters. The largest absolute Gasteiger partial charge is 0.361 e. The Kier molecular flexibility index (Phi) is 4.59. The molecule has 3 rings (SSSR count). The van der Waals surface area contributed by atoms with Crippen LogP contribution in [-0.4, -0.2) is 22.0 Å². The van der Waals surface area contributed by atoms with Crippen molar-refractivity contribution in [2.75, 3.05) is 4.90 Å². The van der Waals surface area contributed by atoms with E-state index in [4.69, 9.17) is 4.52 Å². The summed E-state index contributed by atoms with van der Waals surface area (Å²) in [4.78, 5) is 25.1. The van der Waals surface area contributed by atoms with Crippen LogP contribution < -0.4 is 4.90 Å². The van der Waals surface area contributed by atoms with Crippen LogP contribution in [0.15, 0.2) is 34.9 Å². The topological polar surface area (TPSA) is 89.5 Å². The van der Waals surface area contributed by atoms with E-state index in [0.717, 1.165) is 25.7 Å². The van der Waals surface area contributed by atoms with Crippen molar-refractivity contribution in [3.05, 3.63) is 51.9 Å². The number of carbonyl (C=O) groups excluding carboxylic acids is 1. The van der Waals surface area contributed by atoms with Crippen molar-refractivity contribution < 1.29 is 14.2 Å². The van der Waals surface area contributed by atoms with Crippen molar-refractivity contribution >= 4 is 17.3 Å². The highest BCUT2D eigenvalue weighted by atomic mass is 16.6. The van der Waals surface area contributed by atoms with Gasteiger partial charge in [-0.1, -0.05) is 24.4 Å². The molecule has 2 aromatic rings. The number of hydrogen-bond acceptors (Lipinski definition) is 5. The van der Waals surface area contributed by atoms with Crippen LogP contribution >= 0.6 is 0 Å². The molecule has 1 aliphatic rings. The standard InChI is InChI=1S/C17H19N3O4/c1-12-11-16(18-24-12)17(21)19(13-5-3-2-4-6-13)14-7-9-15(10-8-14)20(22)23/h7-11,13H,2-6H2,1H3. The fourth-order valence-corrected chi connectivity index (χ4v) is 3.16. The van der Waals surface area contributed by atoms with Gasteiger partial charge in [-0.05, 0) is 31.9 Å². The number of non-ortho nitro benzene ring substituents is 1. The van der Waals surface area contributed by atoms with Gasteiger partial charge in [-0.3, -0.25) is 14.9 Å². The number of aryl methyl sites for hydroxylation is 1. The lowest BCUT2D eigenvalue weighted by Gasteiger charge is -2.33. The fourth-order valence-electron chi connectivity index (χ4n) is 3.16. The Morgan fingerprint density at radius 1 is 1.25 bits per heavy atom. The molecule has 0 radical (unpaired) electrons. The molecule has 1 fully saturated rings. The van der Waals surface area contributed by atoms with Crippen LogP contribution in [0.1, 0.15) is 48.4 Å². The summed E-state index contributed by atoms with van der Waals surface area (Å²) in [6.07, 6.45) is 5.14. The molecule has 0 N–H and O–H groups in total. The Morgan fingerprint density at radius 2 is 1.92 bits per heavy atom. The van der Waals surface area contributed by atoms with Gasteiger partial charge in [0.05, 0.1) is 4.92 Å². The lowest BCUT2D eigenvalue weighted by atomic mass is 9.93. The highest BCUT2D eigenvalue weighted by Crippen LogP contribution is 2.30. The molecule has 7 heteroatoms. The number of amides is 1. The Balaban J connectivity index is 1.94. The Morgan fingerprint density at radius 3 is 2.46 bits per heavy atom. The van der Waals surface area contributed by atoms with Crippen LogP contribution in [0, 0.1) is 17.0 Å². The molecule has 126 valence electrons. The predicted molar refractivity (Wildman–Crippen MR) is 88.0 cm³/mol. The summed E-state index contributed by atoms with van der Waals surface area (Å²) >= 11 is 0. The van der Waals surface area contributed by atoms with Gasteiger partial charge in [0.2, 0.25) is 0 Å². The molecule has 1 aromatic heterocycles. The van der Waals surface area contributed by atoms with Crippen LogP contribution in [0.4, 0.5) is 11.4 Å². The van der Waals surface area contributed by atoms with Crippen LogP contribution in [0.25, 0.3) is 0 Å². The Labute approximate surface area is 139 Å². The highest BCUT2D eigenvalue weighted by Gasteiger charge is 2.29. The number of aromatic nitrogens is 1. The molecule has 0 bridgehead atoms. The van der Waals surface area contributed by atoms with Gasteiger partial charge in [0.15, 0.2) is 5.69 Å². The monoisotopic (exact) mass is 329 g/mol. The van der Waals surface area contributed by atoms with Gasteiger partial charge in [0.25, 0.3) is 11.6 Å². The number of carbonyl (C=O) groups is 1. The van der Waals surface area contributed by atoms with Crippen molar-refractivity contribution in [3.8, 4) is 0 Å². The molecule has 0 spiro atoms. The van der Waals surface area contributed by atoms with Crippen LogP contribution in [0.2, 0.25) is 0 Å². The third-order valence-corrected chi connectivity index (χ3v) is 4.34. The van der Waals surface area contributed by atoms with Gasteiger partial charge in [-0.15, -0.1) is 0 Å². The average molecular weight is 329 g/mol. The second-order valence-electron chi connectivity index (χ2n) is 6.06. The summed E-state index contributed by atoms with van der Waals surface area (Å²) in [5.41, 5.74) is 0.918. The average Bonchev–Trinajstić information content (AvgIpc) is 3.03. The smallest absolute Gasteiger partial charge is 0.280 e. The highest BCUT2D eigenvalue weighted by molar-refractivity contribution is 6.05. The van der Waals surface area contributed by atoms with Crippen molar-refractivity contribution in [3.63, 3.8) is 0 Å². The zero-order valence-electron chi connectivity index (χ0n) is 13.5. The molecule has 1 saturated carbocycles. The van der Waals surface area contributed by atoms with E-state index in [1.54, 1.807) is 30.0 Å². The molecule has 0 unspecified atom stereocenters. The molecule has 0 aliphatic heterocycles. The molecule has 0 saturated heterocycles. The van der Waals surface area contributed by atoms with E-state index >= 15 is 0 Å². The van der Waals surface area contributed by atoms with Crippen LogP contribution in [0.3, 0.4) is 0 Å². The van der Waals surface area contributed by atoms with E-state index < -0.39 is 4.92 Å². The van der Waals surface area contributed by atoms with E-state index in [9.17, 15) is 14.9 Å². The molecule has 1 aromatic carbocycles. The van der Waals surface area contributed by atoms with Crippen LogP contribution in [0.5, 0.6) is 0 Å². The molecule has 1 heterocycles. The Hall–Kier alpha value is -2.70. The third kappa shape index (κ3) is 3.29. The summed E-state index contributed by atoms with van der Waals surface area (Å²) < 4.78 is 5.02. The number of anilines is 1. The molecule has 1 aliphatic carbocycles. The number of nitro benzene ring substituents is 1. The second kappa shape index (κ2) is 6.82. The van der Waals surface area contributed by atoms with Crippen molar-refractivity contribution in [2.24, 2.45) is 0 Å². The summed E-state index contributed by atoms with van der Waals surface area (Å²) in [7, 11) is 0. The van der Waals surface area contributed by atoms with Crippen molar-refractivity contribution in [1.82, 2.24) is 5.16 Å². The summed E-state index contributed by atoms with van der Waals surface area (Å²) in [5, 5.41) is 14.7. The minimum absolute atomic E-state index is 0.00655. The van der Waals surface area contributed by atoms with Gasteiger partial charge < -0.3 is 9.42 Å². The molecular weight excluding hydrogens is 310 g/mol. The zero-order chi connectivity index (χ0) is 17.1. The SMILES string of the molecule is Cc1cc(C(=O)N(c2ccc([N+](=O)[O-])cc2)C2CCCCC2)no1. The zero-order valence-corrected chi connectivity index (χ0v) is 13.5. The van der Waals surface area contributed by atoms with Gasteiger partial charge >= 0.3 is 0 Å². The number of nitrogens with zero attached hydrogens (tertiary/aromatic N) is 3. The van der Waals surface area contributed by atoms with Gasteiger partial charge in [-0.2, -0.15) is 0 Å². The second-order valence-corrected chi connectivity index (χ2v) is 6.06. The van der Waals surface area contributed by atoms with Gasteiger partial charge in [-0.25, -0.2) is 0 Å². The van der Waals surface area contributed by atoms with E-state index in [-0.39, 0.29) is 23.3 Å². The number of rotatable bonds is 4. The van der Waals surface area contributed by atoms with Crippen molar-refractivity contribution in [1.29, 1.82) is 0 Å². The Bertz CT molecular complexity index is 733. The minimum atomic E-state index is -0.447. The van der Waals surface area contributed by atoms with Crippen LogP contribution in [-0.2, 0) is 0 Å². The number of benzene rings is 1. The summed E-state index contributed by atoms with van der Waals surface area (Å²) in [5.74, 6) is 0.346. The fraction of sp³-hybridized carbons (Fsp3) is 0.412. The maximum Gasteiger partial charge on any atom is 0.280 e. The van der Waals surface area contributed by atoms with Crippen molar-refractivity contribution in [2.45, 2.75) is 45.1 Å². The first-order chi connectivity index (χ1) is 11.6. The molecule has 24 heavy (non-hydrogen) atoms. The quantitative estimate of drug-likeness (QED) is 0.627. The van der Waals surface area contributed by atoms with Gasteiger partial charge in [0, 0.05) is 29.9 Å². The number of hydrogen-bond donors (Lipinski definition) is 0. The molecule has 1 amide bonds. The van der Waals surface area contributed by atoms with E-state index in [1.165, 1.54) is 18.6 Å². The molecular formula is C17H19N3O4.